The van der Waals surface area contributed by atoms with Crippen LogP contribution in [-0.2, 0) is 0 Å². The molecule has 0 amide bonds. The molecule has 0 fully saturated rings. The molecule has 0 unspecified atom stereocenters. The molecule has 6 rings (SSSR count). The van der Waals surface area contributed by atoms with Gasteiger partial charge in [-0.1, -0.05) is 0 Å². The van der Waals surface area contributed by atoms with Crippen molar-refractivity contribution < 1.29 is 0 Å². The molecule has 0 nitrogen and oxygen atoms in total. The zero-order chi connectivity index (χ0) is 21.5. The molecule has 0 spiro atoms. The van der Waals surface area contributed by atoms with Gasteiger partial charge in [-0.05, 0) is 0 Å². The molecule has 0 saturated heterocycles. The zero-order valence-corrected chi connectivity index (χ0v) is 20.2. The Bertz CT molecular complexity index is 1350. The Labute approximate surface area is 192 Å². The molecule has 1 heterocycles. The van der Waals surface area contributed by atoms with Crippen LogP contribution in [0.25, 0.3) is 22.3 Å². The number of hydrogen-bond donors (Lipinski definition) is 0. The second kappa shape index (κ2) is 7.65. The van der Waals surface area contributed by atoms with Gasteiger partial charge in [0.15, 0.2) is 0 Å². The van der Waals surface area contributed by atoms with Crippen molar-refractivity contribution in [2.75, 3.05) is 0 Å². The maximum atomic E-state index is 2.40. The summed E-state index contributed by atoms with van der Waals surface area (Å²) in [4.78, 5) is 0. The Morgan fingerprint density at radius 1 is 0.375 bits per heavy atom. The van der Waals surface area contributed by atoms with E-state index in [1.165, 1.54) is 45.4 Å². The normalized spacial score (nSPS) is 13.4. The fourth-order valence-electron chi connectivity index (χ4n) is 5.47. The van der Waals surface area contributed by atoms with Crippen LogP contribution in [0, 0.1) is 6.92 Å². The van der Waals surface area contributed by atoms with E-state index in [2.05, 4.69) is 134 Å². The third-order valence-electron chi connectivity index (χ3n) is 6.86. The van der Waals surface area contributed by atoms with Crippen LogP contribution >= 0.6 is 0 Å². The van der Waals surface area contributed by atoms with E-state index in [4.69, 9.17) is 0 Å². The summed E-state index contributed by atoms with van der Waals surface area (Å²) in [5, 5.41) is 0. The Hall–Kier alpha value is -3.36. The molecule has 5 aromatic carbocycles. The Morgan fingerprint density at radius 2 is 0.781 bits per heavy atom. The molecule has 5 aromatic rings. The molecule has 1 aliphatic rings. The van der Waals surface area contributed by atoms with Crippen LogP contribution in [0.4, 0.5) is 0 Å². The summed E-state index contributed by atoms with van der Waals surface area (Å²) < 4.78 is 5.98. The van der Waals surface area contributed by atoms with Crippen molar-refractivity contribution in [2.45, 2.75) is 6.92 Å². The minimum atomic E-state index is -3.29. The van der Waals surface area contributed by atoms with Crippen molar-refractivity contribution >= 4 is 30.8 Å². The standard InChI is InChI=1S/C31H24Ge/c1-23-19-21-25(22-20-23)32(24-11-3-2-4-12-24)30-17-9-7-15-28(30)26-13-5-6-14-27(26)29-16-8-10-18-31(29)32/h2-22H,1H3. The maximum absolute atomic E-state index is 3.29. The summed E-state index contributed by atoms with van der Waals surface area (Å²) in [5.41, 5.74) is 6.74. The van der Waals surface area contributed by atoms with Crippen LogP contribution in [0.3, 0.4) is 0 Å². The summed E-state index contributed by atoms with van der Waals surface area (Å²) in [6.45, 7) is 2.18. The van der Waals surface area contributed by atoms with Crippen molar-refractivity contribution in [1.82, 2.24) is 0 Å². The fraction of sp³-hybridized carbons (Fsp3) is 0.0323. The SMILES string of the molecule is Cc1cc[c]([Ge]2([c]3ccccc3)[c]3ccccc3-c3ccccc3-c3cccc[c]32)cc1. The van der Waals surface area contributed by atoms with Gasteiger partial charge in [0, 0.05) is 0 Å². The van der Waals surface area contributed by atoms with Crippen LogP contribution in [0.1, 0.15) is 5.56 Å². The Kier molecular flexibility index (Phi) is 4.62. The zero-order valence-electron chi connectivity index (χ0n) is 18.1. The number of hydrogen-bond acceptors (Lipinski definition) is 0. The van der Waals surface area contributed by atoms with Crippen molar-refractivity contribution in [1.29, 1.82) is 0 Å². The van der Waals surface area contributed by atoms with Crippen LogP contribution < -0.4 is 17.6 Å². The number of benzene rings is 5. The molecule has 0 atom stereocenters. The van der Waals surface area contributed by atoms with Crippen LogP contribution in [0.15, 0.2) is 127 Å². The molecular formula is C31H24Ge. The summed E-state index contributed by atoms with van der Waals surface area (Å²) in [5.74, 6) is 0. The van der Waals surface area contributed by atoms with E-state index in [1.54, 1.807) is 0 Å². The van der Waals surface area contributed by atoms with E-state index in [9.17, 15) is 0 Å². The van der Waals surface area contributed by atoms with Gasteiger partial charge in [0.05, 0.1) is 0 Å². The average molecular weight is 469 g/mol. The van der Waals surface area contributed by atoms with Gasteiger partial charge < -0.3 is 0 Å². The first kappa shape index (κ1) is 19.3. The molecule has 0 saturated carbocycles. The topological polar surface area (TPSA) is 0 Å². The van der Waals surface area contributed by atoms with E-state index in [1.807, 2.05) is 0 Å². The third-order valence-corrected chi connectivity index (χ3v) is 17.1. The predicted octanol–water partition coefficient (Wildman–Crippen LogP) is 5.02. The molecule has 1 heteroatoms. The molecule has 152 valence electrons. The average Bonchev–Trinajstić information content (AvgIpc) is 2.97. The molecule has 32 heavy (non-hydrogen) atoms. The third kappa shape index (κ3) is 2.76. The van der Waals surface area contributed by atoms with Gasteiger partial charge in [-0.15, -0.1) is 0 Å². The summed E-state index contributed by atoms with van der Waals surface area (Å²) in [6, 6.07) is 47.9. The van der Waals surface area contributed by atoms with Gasteiger partial charge >= 0.3 is 193 Å². The van der Waals surface area contributed by atoms with Crippen LogP contribution in [0.2, 0.25) is 0 Å². The van der Waals surface area contributed by atoms with Crippen molar-refractivity contribution in [2.24, 2.45) is 0 Å². The minimum absolute atomic E-state index is 1.30. The Balaban J connectivity index is 1.87. The molecule has 0 aliphatic carbocycles. The molecule has 0 bridgehead atoms. The van der Waals surface area contributed by atoms with Gasteiger partial charge in [0.2, 0.25) is 0 Å². The van der Waals surface area contributed by atoms with Gasteiger partial charge in [-0.2, -0.15) is 0 Å². The van der Waals surface area contributed by atoms with Crippen LogP contribution in [-0.4, -0.2) is 13.3 Å². The summed E-state index contributed by atoms with van der Waals surface area (Å²) in [6.07, 6.45) is 0. The predicted molar refractivity (Wildman–Crippen MR) is 139 cm³/mol. The van der Waals surface area contributed by atoms with Crippen molar-refractivity contribution in [3.05, 3.63) is 133 Å². The van der Waals surface area contributed by atoms with Gasteiger partial charge in [-0.3, -0.25) is 0 Å². The van der Waals surface area contributed by atoms with Crippen molar-refractivity contribution in [3.8, 4) is 22.3 Å². The van der Waals surface area contributed by atoms with Gasteiger partial charge in [0.25, 0.3) is 0 Å². The van der Waals surface area contributed by atoms with Crippen LogP contribution in [0.5, 0.6) is 0 Å². The molecule has 0 N–H and O–H groups in total. The molecular weight excluding hydrogens is 445 g/mol. The van der Waals surface area contributed by atoms with E-state index in [0.717, 1.165) is 0 Å². The van der Waals surface area contributed by atoms with E-state index in [-0.39, 0.29) is 0 Å². The number of aryl methyl sites for hydroxylation is 1. The molecule has 1 aliphatic heterocycles. The first-order valence-corrected chi connectivity index (χ1v) is 15.4. The van der Waals surface area contributed by atoms with Gasteiger partial charge in [0.1, 0.15) is 0 Å². The van der Waals surface area contributed by atoms with E-state index < -0.39 is 13.3 Å². The number of fused-ring (bicyclic) bond motifs is 5. The van der Waals surface area contributed by atoms with Crippen molar-refractivity contribution in [3.63, 3.8) is 0 Å². The number of rotatable bonds is 2. The first-order chi connectivity index (χ1) is 15.8. The summed E-state index contributed by atoms with van der Waals surface area (Å²) in [7, 11) is 0. The molecule has 0 aromatic heterocycles. The molecule has 0 radical (unpaired) electrons. The van der Waals surface area contributed by atoms with Gasteiger partial charge in [-0.25, -0.2) is 0 Å². The second-order valence-corrected chi connectivity index (χ2v) is 16.4. The van der Waals surface area contributed by atoms with E-state index >= 15 is 0 Å². The monoisotopic (exact) mass is 470 g/mol. The summed E-state index contributed by atoms with van der Waals surface area (Å²) >= 11 is -3.29. The quantitative estimate of drug-likeness (QED) is 0.313. The van der Waals surface area contributed by atoms with E-state index in [0.29, 0.717) is 0 Å². The fourth-order valence-corrected chi connectivity index (χ4v) is 16.3. The Morgan fingerprint density at radius 3 is 1.31 bits per heavy atom. The first-order valence-electron chi connectivity index (χ1n) is 11.2. The second-order valence-electron chi connectivity index (χ2n) is 8.62.